The molecule has 0 bridgehead atoms. The van der Waals surface area contributed by atoms with E-state index in [1.807, 2.05) is 0 Å². The molecular weight excluding hydrogens is 336 g/mol. The molecule has 0 amide bonds. The Bertz CT molecular complexity index is 246. The molecule has 0 aromatic carbocycles. The molecule has 0 aliphatic heterocycles. The van der Waals surface area contributed by atoms with E-state index in [9.17, 15) is 9.59 Å². The van der Waals surface area contributed by atoms with Gasteiger partial charge in [0.05, 0.1) is 11.8 Å². The van der Waals surface area contributed by atoms with E-state index < -0.39 is 11.9 Å². The van der Waals surface area contributed by atoms with Gasteiger partial charge in [-0.15, -0.1) is 0 Å². The maximum Gasteiger partial charge on any atom is 2.00 e. The van der Waals surface area contributed by atoms with Gasteiger partial charge < -0.3 is 20.4 Å². The Hall–Kier alpha value is -0.426. The fourth-order valence-corrected chi connectivity index (χ4v) is 2.70. The van der Waals surface area contributed by atoms with Crippen molar-refractivity contribution in [2.75, 3.05) is 14.2 Å². The van der Waals surface area contributed by atoms with Crippen LogP contribution < -0.4 is 10.2 Å². The van der Waals surface area contributed by atoms with Crippen molar-refractivity contribution in [3.05, 3.63) is 0 Å². The predicted octanol–water partition coefficient (Wildman–Crippen LogP) is 1.25. The first-order valence-corrected chi connectivity index (χ1v) is 7.88. The van der Waals surface area contributed by atoms with E-state index in [1.165, 1.54) is 12.8 Å². The predicted molar refractivity (Wildman–Crippen MR) is 80.3 cm³/mol. The molecule has 2 fully saturated rings. The van der Waals surface area contributed by atoms with Crippen LogP contribution in [0.3, 0.4) is 0 Å². The first kappa shape index (κ1) is 27.4. The third-order valence-corrected chi connectivity index (χ3v) is 3.91. The molecule has 0 radical (unpaired) electrons. The van der Waals surface area contributed by atoms with Crippen molar-refractivity contribution < 1.29 is 51.7 Å². The number of hydrogen-bond acceptors (Lipinski definition) is 4. The van der Waals surface area contributed by atoms with Gasteiger partial charge in [-0.2, -0.15) is 14.2 Å². The zero-order valence-corrected chi connectivity index (χ0v) is 15.8. The number of aliphatic carboxylic acids is 2. The summed E-state index contributed by atoms with van der Waals surface area (Å²) < 4.78 is 0. The summed E-state index contributed by atoms with van der Waals surface area (Å²) in [6.45, 7) is 0. The number of rotatable bonds is 2. The zero-order chi connectivity index (χ0) is 17.4. The third-order valence-electron chi connectivity index (χ3n) is 3.91. The maximum atomic E-state index is 10.4. The molecule has 7 heteroatoms. The first-order chi connectivity index (χ1) is 10.6. The fraction of sp³-hybridized carbons (Fsp3) is 0.875. The van der Waals surface area contributed by atoms with E-state index in [0.29, 0.717) is 0 Å². The zero-order valence-electron chi connectivity index (χ0n) is 14.3. The molecule has 0 unspecified atom stereocenters. The summed E-state index contributed by atoms with van der Waals surface area (Å²) in [4.78, 5) is 20.7. The average Bonchev–Trinajstić information content (AvgIpc) is 2.60. The van der Waals surface area contributed by atoms with Gasteiger partial charge in [0.1, 0.15) is 0 Å². The summed E-state index contributed by atoms with van der Waals surface area (Å²) in [6, 6.07) is 0. The Balaban J connectivity index is -0.000000276. The molecule has 0 saturated heterocycles. The monoisotopic (exact) mass is 366 g/mol. The summed E-state index contributed by atoms with van der Waals surface area (Å²) in [6.07, 6.45) is 10.5. The second-order valence-corrected chi connectivity index (χ2v) is 5.35. The minimum Gasteiger partial charge on any atom is -0.857 e. The summed E-state index contributed by atoms with van der Waals surface area (Å²) in [5.74, 6) is -1.26. The minimum atomic E-state index is -0.602. The molecule has 0 aromatic heterocycles. The normalized spacial score (nSPS) is 17.6. The maximum absolute atomic E-state index is 10.4. The quantitative estimate of drug-likeness (QED) is 0.710. The standard InChI is InChI=1S/2C7H12O2.2CH3O.Ti/c2*8-7(9)6-4-2-1-3-5-6;2*1-2;/h2*6H,1-5H2,(H,8,9);2*1H3;/q;;2*-1;+2. The second kappa shape index (κ2) is 19.6. The van der Waals surface area contributed by atoms with E-state index in [-0.39, 0.29) is 33.6 Å². The Kier molecular flexibility index (Phi) is 23.4. The van der Waals surface area contributed by atoms with Crippen LogP contribution >= 0.6 is 0 Å². The van der Waals surface area contributed by atoms with Crippen LogP contribution in [-0.2, 0) is 31.3 Å². The molecular formula is C16H30O6Ti. The Morgan fingerprint density at radius 2 is 0.870 bits per heavy atom. The molecule has 0 aromatic rings. The fourth-order valence-electron chi connectivity index (χ4n) is 2.70. The van der Waals surface area contributed by atoms with Gasteiger partial charge in [0.2, 0.25) is 0 Å². The second-order valence-electron chi connectivity index (χ2n) is 5.35. The van der Waals surface area contributed by atoms with Gasteiger partial charge in [-0.3, -0.25) is 9.59 Å². The smallest absolute Gasteiger partial charge is 0.857 e. The molecule has 0 spiro atoms. The Labute approximate surface area is 154 Å². The molecule has 134 valence electrons. The van der Waals surface area contributed by atoms with Crippen LogP contribution in [0.2, 0.25) is 0 Å². The van der Waals surface area contributed by atoms with Crippen molar-refractivity contribution >= 4 is 11.9 Å². The summed E-state index contributed by atoms with van der Waals surface area (Å²) in [7, 11) is 1.50. The van der Waals surface area contributed by atoms with Crippen LogP contribution in [0.5, 0.6) is 0 Å². The Morgan fingerprint density at radius 3 is 1.00 bits per heavy atom. The molecule has 2 aliphatic rings. The van der Waals surface area contributed by atoms with E-state index >= 15 is 0 Å². The van der Waals surface area contributed by atoms with Gasteiger partial charge in [0.15, 0.2) is 0 Å². The van der Waals surface area contributed by atoms with E-state index in [2.05, 4.69) is 0 Å². The first-order valence-electron chi connectivity index (χ1n) is 7.88. The van der Waals surface area contributed by atoms with Crippen LogP contribution in [0.1, 0.15) is 64.2 Å². The largest absolute Gasteiger partial charge is 2.00 e. The van der Waals surface area contributed by atoms with Gasteiger partial charge in [-0.05, 0) is 25.7 Å². The van der Waals surface area contributed by atoms with Crippen molar-refractivity contribution in [3.8, 4) is 0 Å². The van der Waals surface area contributed by atoms with Crippen molar-refractivity contribution in [3.63, 3.8) is 0 Å². The van der Waals surface area contributed by atoms with Crippen LogP contribution in [0, 0.1) is 11.8 Å². The van der Waals surface area contributed by atoms with Crippen molar-refractivity contribution in [1.82, 2.24) is 0 Å². The molecule has 2 N–H and O–H groups in total. The number of hydrogen-bond donors (Lipinski definition) is 2. The van der Waals surface area contributed by atoms with Gasteiger partial charge in [-0.25, -0.2) is 0 Å². The molecule has 0 atom stereocenters. The average molecular weight is 366 g/mol. The van der Waals surface area contributed by atoms with Gasteiger partial charge in [-0.1, -0.05) is 38.5 Å². The summed E-state index contributed by atoms with van der Waals surface area (Å²) in [5, 5.41) is 33.6. The molecule has 6 nitrogen and oxygen atoms in total. The number of carbonyl (C=O) groups is 2. The molecule has 2 aliphatic carbocycles. The van der Waals surface area contributed by atoms with Crippen molar-refractivity contribution in [2.24, 2.45) is 11.8 Å². The van der Waals surface area contributed by atoms with Gasteiger partial charge in [0.25, 0.3) is 0 Å². The SMILES string of the molecule is C[O-].C[O-].O=C(O)C1CCCCC1.O=C(O)C1CCCCC1.[Ti+2]. The summed E-state index contributed by atoms with van der Waals surface area (Å²) in [5.41, 5.74) is 0. The van der Waals surface area contributed by atoms with E-state index in [4.69, 9.17) is 20.4 Å². The number of carboxylic acids is 2. The van der Waals surface area contributed by atoms with E-state index in [1.54, 1.807) is 0 Å². The summed E-state index contributed by atoms with van der Waals surface area (Å²) >= 11 is 0. The topological polar surface area (TPSA) is 121 Å². The molecule has 2 saturated carbocycles. The number of carboxylic acid groups (broad SMARTS) is 2. The van der Waals surface area contributed by atoms with Crippen molar-refractivity contribution in [1.29, 1.82) is 0 Å². The van der Waals surface area contributed by atoms with Crippen LogP contribution in [0.25, 0.3) is 0 Å². The Morgan fingerprint density at radius 1 is 0.652 bits per heavy atom. The molecule has 23 heavy (non-hydrogen) atoms. The van der Waals surface area contributed by atoms with Gasteiger partial charge >= 0.3 is 33.7 Å². The minimum absolute atomic E-state index is 0. The van der Waals surface area contributed by atoms with E-state index in [0.717, 1.165) is 65.6 Å². The van der Waals surface area contributed by atoms with Gasteiger partial charge in [0, 0.05) is 0 Å². The van der Waals surface area contributed by atoms with Crippen LogP contribution in [0.4, 0.5) is 0 Å². The molecule has 0 heterocycles. The van der Waals surface area contributed by atoms with Crippen LogP contribution in [0.15, 0.2) is 0 Å². The molecule has 2 rings (SSSR count). The van der Waals surface area contributed by atoms with Crippen molar-refractivity contribution in [2.45, 2.75) is 64.2 Å². The van der Waals surface area contributed by atoms with Crippen LogP contribution in [-0.4, -0.2) is 36.4 Å². The third kappa shape index (κ3) is 14.9.